The number of fused-ring (bicyclic) bond motifs is 1. The lowest BCUT2D eigenvalue weighted by Gasteiger charge is -2.31. The molecule has 0 bridgehead atoms. The lowest BCUT2D eigenvalue weighted by atomic mass is 9.95. The van der Waals surface area contributed by atoms with Gasteiger partial charge in [0.15, 0.2) is 0 Å². The van der Waals surface area contributed by atoms with Gasteiger partial charge in [0.1, 0.15) is 17.9 Å². The number of hydrogen-bond acceptors (Lipinski definition) is 6. The molecule has 0 amide bonds. The number of oxazole rings is 1. The van der Waals surface area contributed by atoms with E-state index < -0.39 is 0 Å². The summed E-state index contributed by atoms with van der Waals surface area (Å²) < 4.78 is 8.03. The van der Waals surface area contributed by atoms with Crippen molar-refractivity contribution >= 4 is 0 Å². The van der Waals surface area contributed by atoms with Crippen LogP contribution in [0.1, 0.15) is 41.7 Å². The summed E-state index contributed by atoms with van der Waals surface area (Å²) in [4.78, 5) is 7.15. The zero-order chi connectivity index (χ0) is 18.9. The van der Waals surface area contributed by atoms with Crippen LogP contribution in [0.15, 0.2) is 34.9 Å². The van der Waals surface area contributed by atoms with Gasteiger partial charge in [-0.25, -0.2) is 4.98 Å². The molecule has 1 saturated heterocycles. The molecule has 5 rings (SSSR count). The molecule has 7 heteroatoms. The second kappa shape index (κ2) is 7.48. The fourth-order valence-electron chi connectivity index (χ4n) is 4.20. The molecule has 0 saturated carbocycles. The Kier molecular flexibility index (Phi) is 4.70. The van der Waals surface area contributed by atoms with E-state index >= 15 is 0 Å². The average molecular weight is 378 g/mol. The third-order valence-electron chi connectivity index (χ3n) is 5.84. The Morgan fingerprint density at radius 2 is 1.93 bits per heavy atom. The predicted octanol–water partition coefficient (Wildman–Crippen LogP) is 2.72. The molecule has 0 spiro atoms. The molecular formula is C21H26N6O. The van der Waals surface area contributed by atoms with Crippen LogP contribution in [0.3, 0.4) is 0 Å². The van der Waals surface area contributed by atoms with Crippen molar-refractivity contribution in [3.8, 4) is 11.5 Å². The van der Waals surface area contributed by atoms with E-state index in [9.17, 15) is 0 Å². The SMILES string of the molecule is Cc1ccc(-c2nc(CN3CCC(c4nnc5n4CCNC5)CC3)co2)cc1. The molecule has 1 fully saturated rings. The molecule has 0 atom stereocenters. The van der Waals surface area contributed by atoms with Crippen molar-refractivity contribution in [3.05, 3.63) is 53.4 Å². The Labute approximate surface area is 164 Å². The Balaban J connectivity index is 1.20. The molecular weight excluding hydrogens is 352 g/mol. The standard InChI is InChI=1S/C21H26N6O/c1-15-2-4-17(5-3-15)21-23-18(14-28-21)13-26-9-6-16(7-10-26)20-25-24-19-12-22-8-11-27(19)20/h2-5,14,16,22H,6-13H2,1H3. The van der Waals surface area contributed by atoms with Gasteiger partial charge >= 0.3 is 0 Å². The molecule has 146 valence electrons. The average Bonchev–Trinajstić information content (AvgIpc) is 3.36. The second-order valence-electron chi connectivity index (χ2n) is 7.86. The monoisotopic (exact) mass is 378 g/mol. The maximum Gasteiger partial charge on any atom is 0.226 e. The first kappa shape index (κ1) is 17.6. The van der Waals surface area contributed by atoms with Crippen molar-refractivity contribution in [3.63, 3.8) is 0 Å². The minimum atomic E-state index is 0.510. The normalized spacial score (nSPS) is 18.3. The quantitative estimate of drug-likeness (QED) is 0.753. The maximum absolute atomic E-state index is 5.71. The Morgan fingerprint density at radius 3 is 2.75 bits per heavy atom. The molecule has 4 heterocycles. The fourth-order valence-corrected chi connectivity index (χ4v) is 4.20. The number of nitrogens with zero attached hydrogens (tertiary/aromatic N) is 5. The molecule has 1 aromatic carbocycles. The highest BCUT2D eigenvalue weighted by molar-refractivity contribution is 5.53. The molecule has 7 nitrogen and oxygen atoms in total. The second-order valence-corrected chi connectivity index (χ2v) is 7.86. The number of rotatable bonds is 4. The first-order valence-electron chi connectivity index (χ1n) is 10.1. The lowest BCUT2D eigenvalue weighted by molar-refractivity contribution is 0.197. The molecule has 0 unspecified atom stereocenters. The lowest BCUT2D eigenvalue weighted by Crippen LogP contribution is -2.34. The molecule has 1 N–H and O–H groups in total. The van der Waals surface area contributed by atoms with Gasteiger partial charge in [-0.3, -0.25) is 4.90 Å². The van der Waals surface area contributed by atoms with Crippen molar-refractivity contribution in [2.24, 2.45) is 0 Å². The zero-order valence-corrected chi connectivity index (χ0v) is 16.3. The van der Waals surface area contributed by atoms with Crippen molar-refractivity contribution in [2.45, 2.75) is 45.3 Å². The minimum absolute atomic E-state index is 0.510. The van der Waals surface area contributed by atoms with Gasteiger partial charge in [0.2, 0.25) is 5.89 Å². The number of piperidine rings is 1. The minimum Gasteiger partial charge on any atom is -0.444 e. The molecule has 0 aliphatic carbocycles. The van der Waals surface area contributed by atoms with Crippen LogP contribution in [0.2, 0.25) is 0 Å². The van der Waals surface area contributed by atoms with Gasteiger partial charge in [0.05, 0.1) is 12.2 Å². The van der Waals surface area contributed by atoms with Crippen LogP contribution < -0.4 is 5.32 Å². The van der Waals surface area contributed by atoms with E-state index in [0.717, 1.165) is 69.2 Å². The topological polar surface area (TPSA) is 72.0 Å². The molecule has 0 radical (unpaired) electrons. The van der Waals surface area contributed by atoms with Crippen LogP contribution in [-0.2, 0) is 19.6 Å². The largest absolute Gasteiger partial charge is 0.444 e. The summed E-state index contributed by atoms with van der Waals surface area (Å²) in [5.41, 5.74) is 3.27. The summed E-state index contributed by atoms with van der Waals surface area (Å²) in [6, 6.07) is 8.29. The van der Waals surface area contributed by atoms with Gasteiger partial charge in [-0.05, 0) is 45.0 Å². The van der Waals surface area contributed by atoms with Crippen LogP contribution in [0.4, 0.5) is 0 Å². The predicted molar refractivity (Wildman–Crippen MR) is 106 cm³/mol. The van der Waals surface area contributed by atoms with E-state index in [2.05, 4.69) is 61.2 Å². The van der Waals surface area contributed by atoms with Gasteiger partial charge in [-0.15, -0.1) is 10.2 Å². The van der Waals surface area contributed by atoms with E-state index in [0.29, 0.717) is 11.8 Å². The van der Waals surface area contributed by atoms with E-state index in [1.807, 2.05) is 0 Å². The summed E-state index contributed by atoms with van der Waals surface area (Å²) >= 11 is 0. The number of likely N-dealkylation sites (tertiary alicyclic amines) is 1. The van der Waals surface area contributed by atoms with Gasteiger partial charge in [0.25, 0.3) is 0 Å². The van der Waals surface area contributed by atoms with Crippen LogP contribution in [-0.4, -0.2) is 44.3 Å². The molecule has 2 aromatic heterocycles. The van der Waals surface area contributed by atoms with Crippen LogP contribution >= 0.6 is 0 Å². The number of hydrogen-bond donors (Lipinski definition) is 1. The number of aryl methyl sites for hydroxylation is 1. The third kappa shape index (κ3) is 3.47. The fraction of sp³-hybridized carbons (Fsp3) is 0.476. The van der Waals surface area contributed by atoms with Crippen LogP contribution in [0, 0.1) is 6.92 Å². The smallest absolute Gasteiger partial charge is 0.226 e. The third-order valence-corrected chi connectivity index (χ3v) is 5.84. The maximum atomic E-state index is 5.71. The van der Waals surface area contributed by atoms with Crippen molar-refractivity contribution in [1.82, 2.24) is 30.0 Å². The Morgan fingerprint density at radius 1 is 1.11 bits per heavy atom. The highest BCUT2D eigenvalue weighted by atomic mass is 16.3. The number of benzene rings is 1. The summed E-state index contributed by atoms with van der Waals surface area (Å²) in [5, 5.41) is 12.2. The first-order valence-corrected chi connectivity index (χ1v) is 10.1. The van der Waals surface area contributed by atoms with Gasteiger partial charge < -0.3 is 14.3 Å². The highest BCUT2D eigenvalue weighted by Crippen LogP contribution is 2.29. The molecule has 2 aliphatic heterocycles. The summed E-state index contributed by atoms with van der Waals surface area (Å²) in [5.74, 6) is 3.47. The number of nitrogens with one attached hydrogen (secondary N) is 1. The summed E-state index contributed by atoms with van der Waals surface area (Å²) in [7, 11) is 0. The number of aromatic nitrogens is 4. The van der Waals surface area contributed by atoms with Crippen LogP contribution in [0.25, 0.3) is 11.5 Å². The molecule has 2 aliphatic rings. The summed E-state index contributed by atoms with van der Waals surface area (Å²) in [6.45, 7) is 7.85. The zero-order valence-electron chi connectivity index (χ0n) is 16.3. The van der Waals surface area contributed by atoms with Crippen molar-refractivity contribution in [2.75, 3.05) is 19.6 Å². The van der Waals surface area contributed by atoms with Gasteiger partial charge in [-0.1, -0.05) is 17.7 Å². The van der Waals surface area contributed by atoms with E-state index in [1.54, 1.807) is 6.26 Å². The van der Waals surface area contributed by atoms with Crippen molar-refractivity contribution < 1.29 is 4.42 Å². The molecule has 28 heavy (non-hydrogen) atoms. The highest BCUT2D eigenvalue weighted by Gasteiger charge is 2.27. The van der Waals surface area contributed by atoms with E-state index in [4.69, 9.17) is 4.42 Å². The molecule has 3 aromatic rings. The van der Waals surface area contributed by atoms with E-state index in [-0.39, 0.29) is 0 Å². The van der Waals surface area contributed by atoms with Crippen molar-refractivity contribution in [1.29, 1.82) is 0 Å². The van der Waals surface area contributed by atoms with Gasteiger partial charge in [-0.2, -0.15) is 0 Å². The van der Waals surface area contributed by atoms with Crippen LogP contribution in [0.5, 0.6) is 0 Å². The summed E-state index contributed by atoms with van der Waals surface area (Å²) in [6.07, 6.45) is 4.03. The first-order chi connectivity index (χ1) is 13.8. The van der Waals surface area contributed by atoms with E-state index in [1.165, 1.54) is 11.4 Å². The van der Waals surface area contributed by atoms with Gasteiger partial charge in [0, 0.05) is 31.1 Å². The Bertz CT molecular complexity index is 936. The Hall–Kier alpha value is -2.51.